The van der Waals surface area contributed by atoms with Crippen LogP contribution in [-0.4, -0.2) is 114 Å². The van der Waals surface area contributed by atoms with Crippen LogP contribution < -0.4 is 16.0 Å². The molecule has 1 saturated heterocycles. The van der Waals surface area contributed by atoms with Gasteiger partial charge in [0.05, 0.1) is 38.7 Å². The van der Waals surface area contributed by atoms with Crippen LogP contribution in [0.3, 0.4) is 0 Å². The average Bonchev–Trinajstić information content (AvgIpc) is 3.86. The maximum absolute atomic E-state index is 14.1. The Kier molecular flexibility index (Phi) is 28.7. The van der Waals surface area contributed by atoms with E-state index in [0.717, 1.165) is 36.8 Å². The van der Waals surface area contributed by atoms with Crippen LogP contribution in [0, 0.1) is 11.8 Å². The van der Waals surface area contributed by atoms with E-state index in [4.69, 9.17) is 33.2 Å². The highest BCUT2D eigenvalue weighted by Crippen LogP contribution is 2.33. The standard InChI is InChI=1S/C55H80N6O14/c1-6-7-8-9-10-11-12-13-14-15-22-27-49(64)57-47(37-69-36-45-33-61(60-59-45)30-31-70-55-52(74-42(5)63)40(3)39(2)48(75-55)38-71-41(4)62)54(68)58-46(28-29-50(65)72-34-43-23-18-16-19-24-43)53(67)56-32-51(66)73-35-44-25-20-17-21-26-44/h16-21,23-26,33,39-40,46-48,52,55H,6-15,22,27-32,34-38H2,1-5H3,(H,56,67)(H,57,64)(H,58,68)/t39-,40-,46-,47-,48?,52?,55+/m0/s1. The molecule has 2 aromatic carbocycles. The summed E-state index contributed by atoms with van der Waals surface area (Å²) < 4.78 is 41.2. The fourth-order valence-electron chi connectivity index (χ4n) is 8.28. The van der Waals surface area contributed by atoms with Crippen molar-refractivity contribution in [2.24, 2.45) is 11.8 Å². The molecular weight excluding hydrogens is 969 g/mol. The molecule has 0 radical (unpaired) electrons. The predicted molar refractivity (Wildman–Crippen MR) is 274 cm³/mol. The van der Waals surface area contributed by atoms with Crippen molar-refractivity contribution in [1.82, 2.24) is 30.9 Å². The molecule has 75 heavy (non-hydrogen) atoms. The highest BCUT2D eigenvalue weighted by molar-refractivity contribution is 5.93. The van der Waals surface area contributed by atoms with Crippen LogP contribution in [0.2, 0.25) is 0 Å². The molecule has 3 amide bonds. The normalized spacial score (nSPS) is 18.0. The minimum absolute atomic E-state index is 0.00902. The van der Waals surface area contributed by atoms with Crippen molar-refractivity contribution in [1.29, 1.82) is 0 Å². The molecule has 1 fully saturated rings. The van der Waals surface area contributed by atoms with Gasteiger partial charge >= 0.3 is 23.9 Å². The zero-order chi connectivity index (χ0) is 54.2. The average molecular weight is 1050 g/mol. The van der Waals surface area contributed by atoms with Crippen molar-refractivity contribution in [3.8, 4) is 0 Å². The van der Waals surface area contributed by atoms with E-state index in [9.17, 15) is 33.6 Å². The molecule has 414 valence electrons. The van der Waals surface area contributed by atoms with Gasteiger partial charge in [0.1, 0.15) is 44.1 Å². The molecule has 20 heteroatoms. The molecule has 3 aromatic rings. The first-order valence-electron chi connectivity index (χ1n) is 26.5. The largest absolute Gasteiger partial charge is 0.463 e. The summed E-state index contributed by atoms with van der Waals surface area (Å²) in [6, 6.07) is 15.5. The lowest BCUT2D eigenvalue weighted by atomic mass is 9.83. The number of hydrogen-bond acceptors (Lipinski definition) is 16. The van der Waals surface area contributed by atoms with Gasteiger partial charge in [-0.05, 0) is 29.9 Å². The number of amides is 3. The summed E-state index contributed by atoms with van der Waals surface area (Å²) in [5.41, 5.74) is 1.91. The number of aromatic nitrogens is 3. The molecule has 2 unspecified atom stereocenters. The molecule has 1 aromatic heterocycles. The third kappa shape index (κ3) is 24.8. The number of hydrogen-bond donors (Lipinski definition) is 3. The Morgan fingerprint density at radius 2 is 1.29 bits per heavy atom. The van der Waals surface area contributed by atoms with Crippen LogP contribution in [0.1, 0.15) is 141 Å². The Morgan fingerprint density at radius 1 is 0.680 bits per heavy atom. The van der Waals surface area contributed by atoms with Crippen LogP contribution >= 0.6 is 0 Å². The number of ether oxygens (including phenoxy) is 7. The number of rotatable bonds is 36. The quantitative estimate of drug-likeness (QED) is 0.0326. The summed E-state index contributed by atoms with van der Waals surface area (Å²) in [5, 5.41) is 16.3. The topological polar surface area (TPSA) is 251 Å². The lowest BCUT2D eigenvalue weighted by Crippen LogP contribution is -2.55. The molecule has 1 aliphatic rings. The number of nitrogens with one attached hydrogen (secondary N) is 3. The van der Waals surface area contributed by atoms with Gasteiger partial charge in [-0.15, -0.1) is 5.10 Å². The van der Waals surface area contributed by atoms with Crippen molar-refractivity contribution in [3.05, 3.63) is 83.7 Å². The van der Waals surface area contributed by atoms with Crippen molar-refractivity contribution < 1.29 is 66.7 Å². The van der Waals surface area contributed by atoms with Gasteiger partial charge in [0.2, 0.25) is 17.7 Å². The van der Waals surface area contributed by atoms with E-state index >= 15 is 0 Å². The second-order valence-electron chi connectivity index (χ2n) is 19.0. The van der Waals surface area contributed by atoms with E-state index < -0.39 is 72.8 Å². The van der Waals surface area contributed by atoms with E-state index in [-0.39, 0.29) is 83.2 Å². The van der Waals surface area contributed by atoms with Gasteiger partial charge < -0.3 is 49.1 Å². The highest BCUT2D eigenvalue weighted by atomic mass is 16.7. The number of carbonyl (C=O) groups is 7. The molecule has 0 bridgehead atoms. The molecule has 20 nitrogen and oxygen atoms in total. The number of unbranched alkanes of at least 4 members (excludes halogenated alkanes) is 10. The summed E-state index contributed by atoms with van der Waals surface area (Å²) in [5.74, 6) is -4.46. The maximum atomic E-state index is 14.1. The molecule has 3 N–H and O–H groups in total. The number of esters is 4. The van der Waals surface area contributed by atoms with E-state index in [1.807, 2.05) is 38.1 Å². The molecule has 2 heterocycles. The zero-order valence-corrected chi connectivity index (χ0v) is 44.5. The molecule has 0 spiro atoms. The lowest BCUT2D eigenvalue weighted by molar-refractivity contribution is -0.280. The van der Waals surface area contributed by atoms with E-state index in [2.05, 4.69) is 33.2 Å². The van der Waals surface area contributed by atoms with Crippen LogP contribution in [-0.2, 0) is 93.1 Å². The van der Waals surface area contributed by atoms with Gasteiger partial charge in [-0.2, -0.15) is 0 Å². The van der Waals surface area contributed by atoms with E-state index in [1.165, 1.54) is 57.1 Å². The van der Waals surface area contributed by atoms with Gasteiger partial charge in [-0.25, -0.2) is 4.68 Å². The highest BCUT2D eigenvalue weighted by Gasteiger charge is 2.44. The first-order chi connectivity index (χ1) is 36.2. The Labute approximate surface area is 441 Å². The summed E-state index contributed by atoms with van der Waals surface area (Å²) in [4.78, 5) is 90.2. The Morgan fingerprint density at radius 3 is 1.91 bits per heavy atom. The molecule has 1 aliphatic heterocycles. The van der Waals surface area contributed by atoms with Crippen LogP contribution in [0.25, 0.3) is 0 Å². The monoisotopic (exact) mass is 1050 g/mol. The molecule has 4 rings (SSSR count). The maximum Gasteiger partial charge on any atom is 0.325 e. The SMILES string of the molecule is CCCCCCCCCCCCCC(=O)N[C@@H](COCc1cn(CCO[C@@H]2OC(COC(C)=O)[C@@H](C)[C@H](C)C2OC(C)=O)nn1)C(=O)N[C@@H](CCC(=O)OCc1ccccc1)C(=O)NCC(=O)OCc1ccccc1. The second kappa shape index (κ2) is 35.1. The van der Waals surface area contributed by atoms with Crippen molar-refractivity contribution in [2.75, 3.05) is 26.4 Å². The smallest absolute Gasteiger partial charge is 0.325 e. The Bertz CT molecular complexity index is 2180. The van der Waals surface area contributed by atoms with Crippen molar-refractivity contribution in [3.63, 3.8) is 0 Å². The number of carbonyl (C=O) groups excluding carboxylic acids is 7. The van der Waals surface area contributed by atoms with Crippen LogP contribution in [0.4, 0.5) is 0 Å². The molecule has 0 aliphatic carbocycles. The summed E-state index contributed by atoms with van der Waals surface area (Å²) in [7, 11) is 0. The molecule has 0 saturated carbocycles. The fraction of sp³-hybridized carbons (Fsp3) is 0.618. The van der Waals surface area contributed by atoms with Crippen molar-refractivity contribution in [2.45, 2.75) is 181 Å². The first-order valence-corrected chi connectivity index (χ1v) is 26.5. The minimum atomic E-state index is -1.33. The second-order valence-corrected chi connectivity index (χ2v) is 19.0. The van der Waals surface area contributed by atoms with Gasteiger partial charge in [0.15, 0.2) is 12.4 Å². The Balaban J connectivity index is 1.38. The molecule has 7 atom stereocenters. The summed E-state index contributed by atoms with van der Waals surface area (Å²) in [6.45, 7) is 8.02. The van der Waals surface area contributed by atoms with Crippen LogP contribution in [0.15, 0.2) is 66.9 Å². The number of nitrogens with zero attached hydrogens (tertiary/aromatic N) is 3. The van der Waals surface area contributed by atoms with Gasteiger partial charge in [-0.1, -0.05) is 151 Å². The number of benzene rings is 2. The summed E-state index contributed by atoms with van der Waals surface area (Å²) >= 11 is 0. The van der Waals surface area contributed by atoms with Crippen LogP contribution in [0.5, 0.6) is 0 Å². The van der Waals surface area contributed by atoms with Gasteiger partial charge in [-0.3, -0.25) is 33.6 Å². The Hall–Kier alpha value is -6.25. The van der Waals surface area contributed by atoms with Gasteiger partial charge in [0.25, 0.3) is 0 Å². The van der Waals surface area contributed by atoms with Crippen molar-refractivity contribution >= 4 is 41.6 Å². The summed E-state index contributed by atoms with van der Waals surface area (Å²) in [6.07, 6.45) is 11.4. The third-order valence-electron chi connectivity index (χ3n) is 12.8. The molecular formula is C55H80N6O14. The van der Waals surface area contributed by atoms with Gasteiger partial charge in [0, 0.05) is 32.6 Å². The zero-order valence-electron chi connectivity index (χ0n) is 44.5. The fourth-order valence-corrected chi connectivity index (χ4v) is 8.28. The van der Waals surface area contributed by atoms with E-state index in [0.29, 0.717) is 12.1 Å². The predicted octanol–water partition coefficient (Wildman–Crippen LogP) is 6.36. The lowest BCUT2D eigenvalue weighted by Gasteiger charge is -2.43. The minimum Gasteiger partial charge on any atom is -0.463 e. The van der Waals surface area contributed by atoms with E-state index in [1.54, 1.807) is 42.6 Å². The first kappa shape index (κ1) is 61.3. The third-order valence-corrected chi connectivity index (χ3v) is 12.8.